The highest BCUT2D eigenvalue weighted by atomic mass is 32.1. The van der Waals surface area contributed by atoms with E-state index in [0.717, 1.165) is 19.4 Å². The van der Waals surface area contributed by atoms with Crippen LogP contribution < -0.4 is 0 Å². The number of fused-ring (bicyclic) bond motifs is 5. The number of nitrogens with zero attached hydrogens (tertiary/aromatic N) is 2. The normalized spacial score (nSPS) is 21.2. The summed E-state index contributed by atoms with van der Waals surface area (Å²) in [7, 11) is 0. The Balaban J connectivity index is 1.52. The van der Waals surface area contributed by atoms with Crippen LogP contribution in [0.3, 0.4) is 0 Å². The van der Waals surface area contributed by atoms with E-state index in [9.17, 15) is 4.79 Å². The molecule has 1 amide bonds. The van der Waals surface area contributed by atoms with Gasteiger partial charge in [-0.3, -0.25) is 4.79 Å². The molecule has 1 unspecified atom stereocenters. The molecule has 2 aliphatic carbocycles. The number of hydrogen-bond acceptors (Lipinski definition) is 2. The minimum atomic E-state index is -0.0236. The van der Waals surface area contributed by atoms with Crippen LogP contribution in [0, 0.1) is 5.92 Å². The number of benzene rings is 1. The zero-order valence-electron chi connectivity index (χ0n) is 18.1. The maximum absolute atomic E-state index is 14.0. The van der Waals surface area contributed by atoms with Crippen molar-refractivity contribution in [3.05, 3.63) is 75.9 Å². The van der Waals surface area contributed by atoms with Gasteiger partial charge in [-0.05, 0) is 61.8 Å². The zero-order valence-corrected chi connectivity index (χ0v) is 18.9. The average molecular weight is 431 g/mol. The first-order valence-corrected chi connectivity index (χ1v) is 12.8. The van der Waals surface area contributed by atoms with Crippen LogP contribution in [-0.4, -0.2) is 15.4 Å². The predicted octanol–water partition coefficient (Wildman–Crippen LogP) is 6.43. The molecule has 0 N–H and O–H groups in total. The van der Waals surface area contributed by atoms with Crippen LogP contribution in [-0.2, 0) is 24.2 Å². The van der Waals surface area contributed by atoms with Gasteiger partial charge in [0.15, 0.2) is 0 Å². The molecule has 3 heterocycles. The van der Waals surface area contributed by atoms with Gasteiger partial charge in [0, 0.05) is 29.1 Å². The molecule has 0 saturated heterocycles. The molecule has 6 rings (SSSR count). The van der Waals surface area contributed by atoms with Crippen LogP contribution >= 0.6 is 11.3 Å². The average Bonchev–Trinajstić information content (AvgIpc) is 3.42. The van der Waals surface area contributed by atoms with Gasteiger partial charge in [-0.15, -0.1) is 11.3 Å². The summed E-state index contributed by atoms with van der Waals surface area (Å²) >= 11 is 1.97. The maximum Gasteiger partial charge on any atom is 0.226 e. The summed E-state index contributed by atoms with van der Waals surface area (Å²) in [6.07, 6.45) is 12.9. The lowest BCUT2D eigenvalue weighted by Gasteiger charge is -2.35. The van der Waals surface area contributed by atoms with Gasteiger partial charge >= 0.3 is 0 Å². The van der Waals surface area contributed by atoms with E-state index in [1.807, 2.05) is 11.3 Å². The van der Waals surface area contributed by atoms with Crippen molar-refractivity contribution in [3.63, 3.8) is 0 Å². The molecule has 1 saturated carbocycles. The molecule has 0 spiro atoms. The Morgan fingerprint density at radius 2 is 1.68 bits per heavy atom. The maximum atomic E-state index is 14.0. The molecule has 4 heteroatoms. The topological polar surface area (TPSA) is 25.2 Å². The number of carbonyl (C=O) groups excluding carboxylic acids is 1. The van der Waals surface area contributed by atoms with E-state index in [1.165, 1.54) is 66.8 Å². The molecule has 1 aromatic carbocycles. The molecule has 31 heavy (non-hydrogen) atoms. The molecular formula is C27H30N2OS. The molecular weight excluding hydrogens is 400 g/mol. The van der Waals surface area contributed by atoms with E-state index in [4.69, 9.17) is 0 Å². The Labute approximate surface area is 188 Å². The highest BCUT2D eigenvalue weighted by molar-refractivity contribution is 7.15. The molecule has 1 aliphatic heterocycles. The monoisotopic (exact) mass is 430 g/mol. The van der Waals surface area contributed by atoms with Gasteiger partial charge in [0.1, 0.15) is 5.00 Å². The number of hydrogen-bond donors (Lipinski definition) is 0. The minimum absolute atomic E-state index is 0.0236. The summed E-state index contributed by atoms with van der Waals surface area (Å²) < 4.78 is 2.39. The summed E-state index contributed by atoms with van der Waals surface area (Å²) in [5, 5.41) is 1.35. The van der Waals surface area contributed by atoms with Gasteiger partial charge in [-0.1, -0.05) is 49.6 Å². The van der Waals surface area contributed by atoms with Crippen LogP contribution in [0.5, 0.6) is 0 Å². The van der Waals surface area contributed by atoms with Crippen molar-refractivity contribution >= 4 is 17.2 Å². The molecule has 1 fully saturated rings. The Hall–Kier alpha value is -2.33. The van der Waals surface area contributed by atoms with Gasteiger partial charge in [-0.2, -0.15) is 0 Å². The Bertz CT molecular complexity index is 1090. The van der Waals surface area contributed by atoms with E-state index in [2.05, 4.69) is 58.1 Å². The van der Waals surface area contributed by atoms with Crippen LogP contribution in [0.4, 0.5) is 0 Å². The highest BCUT2D eigenvalue weighted by Crippen LogP contribution is 2.44. The fourth-order valence-electron chi connectivity index (χ4n) is 5.97. The second-order valence-electron chi connectivity index (χ2n) is 9.41. The quantitative estimate of drug-likeness (QED) is 0.460. The molecule has 3 nitrogen and oxygen atoms in total. The standard InChI is InChI=1S/C27H30N2OS/c30-26(20-12-5-2-6-13-20)29-18-22-21-14-7-8-16-24(21)31-27(22)28-17-9-15-23(28)25(29)19-10-3-1-4-11-19/h1,3-4,9-11,15,17,20,25H,2,5-8,12-14,16,18H2. The van der Waals surface area contributed by atoms with Gasteiger partial charge in [-0.25, -0.2) is 0 Å². The Kier molecular flexibility index (Phi) is 4.98. The number of amides is 1. The number of thiophene rings is 1. The Morgan fingerprint density at radius 1 is 0.871 bits per heavy atom. The second kappa shape index (κ2) is 7.98. The van der Waals surface area contributed by atoms with Gasteiger partial charge in [0.05, 0.1) is 11.7 Å². The van der Waals surface area contributed by atoms with Crippen LogP contribution in [0.2, 0.25) is 0 Å². The van der Waals surface area contributed by atoms with Crippen molar-refractivity contribution in [1.29, 1.82) is 0 Å². The predicted molar refractivity (Wildman–Crippen MR) is 126 cm³/mol. The first kappa shape index (κ1) is 19.4. The van der Waals surface area contributed by atoms with E-state index >= 15 is 0 Å². The molecule has 0 bridgehead atoms. The van der Waals surface area contributed by atoms with Gasteiger partial charge in [0.25, 0.3) is 0 Å². The van der Waals surface area contributed by atoms with Crippen molar-refractivity contribution in [2.24, 2.45) is 5.92 Å². The van der Waals surface area contributed by atoms with Crippen molar-refractivity contribution in [3.8, 4) is 5.00 Å². The number of aryl methyl sites for hydroxylation is 1. The smallest absolute Gasteiger partial charge is 0.226 e. The summed E-state index contributed by atoms with van der Waals surface area (Å²) in [5.41, 5.74) is 5.41. The molecule has 3 aliphatic rings. The summed E-state index contributed by atoms with van der Waals surface area (Å²) in [4.78, 5) is 17.8. The molecule has 2 aromatic heterocycles. The Morgan fingerprint density at radius 3 is 2.52 bits per heavy atom. The number of rotatable bonds is 2. The number of carbonyl (C=O) groups is 1. The third-order valence-electron chi connectivity index (χ3n) is 7.53. The minimum Gasteiger partial charge on any atom is -0.325 e. The van der Waals surface area contributed by atoms with Crippen molar-refractivity contribution in [1.82, 2.24) is 9.47 Å². The highest BCUT2D eigenvalue weighted by Gasteiger charge is 2.38. The third kappa shape index (κ3) is 3.27. The van der Waals surface area contributed by atoms with E-state index in [-0.39, 0.29) is 12.0 Å². The summed E-state index contributed by atoms with van der Waals surface area (Å²) in [6.45, 7) is 0.748. The zero-order chi connectivity index (χ0) is 20.8. The molecule has 1 atom stereocenters. The fraction of sp³-hybridized carbons (Fsp3) is 0.444. The summed E-state index contributed by atoms with van der Waals surface area (Å²) in [6, 6.07) is 15.0. The lowest BCUT2D eigenvalue weighted by molar-refractivity contribution is -0.139. The van der Waals surface area contributed by atoms with Crippen LogP contribution in [0.15, 0.2) is 48.7 Å². The first-order valence-electron chi connectivity index (χ1n) is 12.0. The first-order chi connectivity index (χ1) is 15.3. The lowest BCUT2D eigenvalue weighted by atomic mass is 9.87. The summed E-state index contributed by atoms with van der Waals surface area (Å²) in [5.74, 6) is 0.546. The van der Waals surface area contributed by atoms with Crippen LogP contribution in [0.1, 0.15) is 78.2 Å². The van der Waals surface area contributed by atoms with E-state index < -0.39 is 0 Å². The van der Waals surface area contributed by atoms with Crippen molar-refractivity contribution < 1.29 is 4.79 Å². The van der Waals surface area contributed by atoms with Crippen molar-refractivity contribution in [2.45, 2.75) is 70.4 Å². The largest absolute Gasteiger partial charge is 0.325 e. The van der Waals surface area contributed by atoms with E-state index in [1.54, 1.807) is 10.4 Å². The fourth-order valence-corrected chi connectivity index (χ4v) is 7.38. The van der Waals surface area contributed by atoms with Gasteiger partial charge < -0.3 is 9.47 Å². The molecule has 160 valence electrons. The second-order valence-corrected chi connectivity index (χ2v) is 10.5. The van der Waals surface area contributed by atoms with Crippen LogP contribution in [0.25, 0.3) is 5.00 Å². The van der Waals surface area contributed by atoms with E-state index in [0.29, 0.717) is 5.91 Å². The lowest BCUT2D eigenvalue weighted by Crippen LogP contribution is -2.39. The van der Waals surface area contributed by atoms with Crippen molar-refractivity contribution in [2.75, 3.05) is 0 Å². The molecule has 3 aromatic rings. The number of aromatic nitrogens is 1. The SMILES string of the molecule is O=C(C1CCCCC1)N1Cc2c(sc3c2CCCC3)-n2cccc2C1c1ccccc1. The molecule has 0 radical (unpaired) electrons. The third-order valence-corrected chi connectivity index (χ3v) is 8.87. The van der Waals surface area contributed by atoms with Gasteiger partial charge in [0.2, 0.25) is 5.91 Å².